The monoisotopic (exact) mass is 350 g/mol. The summed E-state index contributed by atoms with van der Waals surface area (Å²) in [5.74, 6) is 0.0383. The number of carbonyl (C=O) groups excluding carboxylic acids is 1. The summed E-state index contributed by atoms with van der Waals surface area (Å²) in [6, 6.07) is 13.9. The molecule has 1 heterocycles. The second kappa shape index (κ2) is 8.20. The fourth-order valence-corrected chi connectivity index (χ4v) is 2.42. The van der Waals surface area contributed by atoms with E-state index in [9.17, 15) is 9.18 Å². The third-order valence-corrected chi connectivity index (χ3v) is 3.91. The van der Waals surface area contributed by atoms with Crippen LogP contribution in [0.3, 0.4) is 0 Å². The molecule has 132 valence electrons. The van der Waals surface area contributed by atoms with E-state index in [-0.39, 0.29) is 17.4 Å². The fraction of sp³-hybridized carbons (Fsp3) is 0.150. The third-order valence-electron chi connectivity index (χ3n) is 3.91. The number of rotatable bonds is 6. The van der Waals surface area contributed by atoms with Crippen LogP contribution in [-0.4, -0.2) is 22.4 Å². The smallest absolute Gasteiger partial charge is 0.275 e. The van der Waals surface area contributed by atoms with Crippen LogP contribution in [0.2, 0.25) is 0 Å². The summed E-state index contributed by atoms with van der Waals surface area (Å²) in [7, 11) is 0. The molecule has 0 radical (unpaired) electrons. The fourth-order valence-electron chi connectivity index (χ4n) is 2.42. The highest BCUT2D eigenvalue weighted by molar-refractivity contribution is 6.03. The zero-order valence-electron chi connectivity index (χ0n) is 14.4. The summed E-state index contributed by atoms with van der Waals surface area (Å²) in [6.45, 7) is 2.56. The minimum Gasteiger partial charge on any atom is -0.368 e. The van der Waals surface area contributed by atoms with Crippen molar-refractivity contribution in [1.29, 1.82) is 0 Å². The lowest BCUT2D eigenvalue weighted by atomic mass is 10.1. The Labute approximate surface area is 151 Å². The standard InChI is InChI=1S/C20H19FN4O/c1-14-4-2-3-5-17(14)25-20(26)18-12-24-19(13-23-18)22-11-10-15-6-8-16(21)9-7-15/h2-9,12-13H,10-11H2,1H3,(H,22,24)(H,25,26). The van der Waals surface area contributed by atoms with Gasteiger partial charge >= 0.3 is 0 Å². The summed E-state index contributed by atoms with van der Waals surface area (Å²) in [5, 5.41) is 5.96. The minimum atomic E-state index is -0.301. The van der Waals surface area contributed by atoms with Gasteiger partial charge in [0.1, 0.15) is 17.3 Å². The number of benzene rings is 2. The van der Waals surface area contributed by atoms with Gasteiger partial charge in [0.05, 0.1) is 12.4 Å². The molecule has 0 aliphatic rings. The Hall–Kier alpha value is -3.28. The molecule has 0 unspecified atom stereocenters. The van der Waals surface area contributed by atoms with E-state index in [1.54, 1.807) is 12.1 Å². The van der Waals surface area contributed by atoms with Crippen molar-refractivity contribution in [2.45, 2.75) is 13.3 Å². The van der Waals surface area contributed by atoms with E-state index in [2.05, 4.69) is 20.6 Å². The van der Waals surface area contributed by atoms with Crippen LogP contribution < -0.4 is 10.6 Å². The Kier molecular flexibility index (Phi) is 5.53. The predicted molar refractivity (Wildman–Crippen MR) is 99.8 cm³/mol. The van der Waals surface area contributed by atoms with Crippen LogP contribution in [0.5, 0.6) is 0 Å². The van der Waals surface area contributed by atoms with E-state index in [1.165, 1.54) is 24.5 Å². The Balaban J connectivity index is 1.53. The molecule has 0 spiro atoms. The van der Waals surface area contributed by atoms with Crippen molar-refractivity contribution in [2.24, 2.45) is 0 Å². The first kappa shape index (κ1) is 17.5. The average molecular weight is 350 g/mol. The zero-order chi connectivity index (χ0) is 18.4. The number of nitrogens with zero attached hydrogens (tertiary/aromatic N) is 2. The molecule has 2 aromatic carbocycles. The van der Waals surface area contributed by atoms with Crippen LogP contribution in [0.25, 0.3) is 0 Å². The van der Waals surface area contributed by atoms with Crippen molar-refractivity contribution in [3.63, 3.8) is 0 Å². The highest BCUT2D eigenvalue weighted by Crippen LogP contribution is 2.14. The molecule has 0 aliphatic carbocycles. The second-order valence-corrected chi connectivity index (χ2v) is 5.86. The van der Waals surface area contributed by atoms with Gasteiger partial charge in [0.25, 0.3) is 5.91 Å². The van der Waals surface area contributed by atoms with Gasteiger partial charge in [-0.3, -0.25) is 4.79 Å². The van der Waals surface area contributed by atoms with Gasteiger partial charge in [-0.2, -0.15) is 0 Å². The van der Waals surface area contributed by atoms with Crippen LogP contribution in [-0.2, 0) is 6.42 Å². The van der Waals surface area contributed by atoms with E-state index in [0.717, 1.165) is 23.2 Å². The lowest BCUT2D eigenvalue weighted by molar-refractivity contribution is 0.102. The summed E-state index contributed by atoms with van der Waals surface area (Å²) in [4.78, 5) is 20.6. The van der Waals surface area contributed by atoms with Crippen LogP contribution in [0.15, 0.2) is 60.9 Å². The molecule has 1 amide bonds. The lowest BCUT2D eigenvalue weighted by Crippen LogP contribution is -2.15. The maximum absolute atomic E-state index is 12.9. The summed E-state index contributed by atoms with van der Waals surface area (Å²) >= 11 is 0. The minimum absolute atomic E-state index is 0.243. The molecule has 0 bridgehead atoms. The molecule has 0 atom stereocenters. The molecule has 26 heavy (non-hydrogen) atoms. The van der Waals surface area contributed by atoms with E-state index >= 15 is 0 Å². The van der Waals surface area contributed by atoms with Gasteiger partial charge in [-0.1, -0.05) is 30.3 Å². The molecule has 1 aromatic heterocycles. The molecule has 3 aromatic rings. The van der Waals surface area contributed by atoms with Crippen LogP contribution in [0, 0.1) is 12.7 Å². The molecule has 3 rings (SSSR count). The van der Waals surface area contributed by atoms with Crippen molar-refractivity contribution in [2.75, 3.05) is 17.2 Å². The van der Waals surface area contributed by atoms with Crippen molar-refractivity contribution < 1.29 is 9.18 Å². The number of aryl methyl sites for hydroxylation is 1. The topological polar surface area (TPSA) is 66.9 Å². The highest BCUT2D eigenvalue weighted by Gasteiger charge is 2.09. The third kappa shape index (κ3) is 4.63. The number of hydrogen-bond donors (Lipinski definition) is 2. The number of carbonyl (C=O) groups is 1. The largest absolute Gasteiger partial charge is 0.368 e. The van der Waals surface area contributed by atoms with E-state index in [4.69, 9.17) is 0 Å². The molecule has 5 nitrogen and oxygen atoms in total. The van der Waals surface area contributed by atoms with Crippen molar-refractivity contribution in [3.05, 3.63) is 83.6 Å². The summed E-state index contributed by atoms with van der Waals surface area (Å²) < 4.78 is 12.9. The molecule has 0 saturated carbocycles. The molecular weight excluding hydrogens is 331 g/mol. The van der Waals surface area contributed by atoms with E-state index in [0.29, 0.717) is 12.4 Å². The first-order valence-corrected chi connectivity index (χ1v) is 8.29. The first-order chi connectivity index (χ1) is 12.6. The number of anilines is 2. The second-order valence-electron chi connectivity index (χ2n) is 5.86. The van der Waals surface area contributed by atoms with Crippen molar-refractivity contribution in [1.82, 2.24) is 9.97 Å². The Bertz CT molecular complexity index is 879. The van der Waals surface area contributed by atoms with Gasteiger partial charge in [-0.25, -0.2) is 14.4 Å². The lowest BCUT2D eigenvalue weighted by Gasteiger charge is -2.08. The number of aromatic nitrogens is 2. The maximum Gasteiger partial charge on any atom is 0.275 e. The zero-order valence-corrected chi connectivity index (χ0v) is 14.4. The summed E-state index contributed by atoms with van der Waals surface area (Å²) in [5.41, 5.74) is 3.01. The van der Waals surface area contributed by atoms with E-state index in [1.807, 2.05) is 31.2 Å². The predicted octanol–water partition coefficient (Wildman–Crippen LogP) is 3.83. The van der Waals surface area contributed by atoms with Gasteiger partial charge in [0.2, 0.25) is 0 Å². The normalized spacial score (nSPS) is 10.4. The van der Waals surface area contributed by atoms with Crippen molar-refractivity contribution >= 4 is 17.4 Å². The highest BCUT2D eigenvalue weighted by atomic mass is 19.1. The number of para-hydroxylation sites is 1. The molecule has 0 fully saturated rings. The number of amides is 1. The van der Waals surface area contributed by atoms with Gasteiger partial charge in [0.15, 0.2) is 0 Å². The molecule has 6 heteroatoms. The van der Waals surface area contributed by atoms with Crippen molar-refractivity contribution in [3.8, 4) is 0 Å². The van der Waals surface area contributed by atoms with Gasteiger partial charge < -0.3 is 10.6 Å². The number of halogens is 1. The molecular formula is C20H19FN4O. The summed E-state index contributed by atoms with van der Waals surface area (Å²) in [6.07, 6.45) is 3.70. The van der Waals surface area contributed by atoms with Gasteiger partial charge in [0, 0.05) is 12.2 Å². The molecule has 0 saturated heterocycles. The van der Waals surface area contributed by atoms with Crippen LogP contribution in [0.4, 0.5) is 15.9 Å². The van der Waals surface area contributed by atoms with Gasteiger partial charge in [-0.15, -0.1) is 0 Å². The first-order valence-electron chi connectivity index (χ1n) is 8.29. The average Bonchev–Trinajstić information content (AvgIpc) is 2.66. The Morgan fingerprint density at radius 3 is 2.50 bits per heavy atom. The maximum atomic E-state index is 12.9. The van der Waals surface area contributed by atoms with E-state index < -0.39 is 0 Å². The van der Waals surface area contributed by atoms with Gasteiger partial charge in [-0.05, 0) is 42.7 Å². The SMILES string of the molecule is Cc1ccccc1NC(=O)c1cnc(NCCc2ccc(F)cc2)cn1. The Morgan fingerprint density at radius 2 is 1.81 bits per heavy atom. The van der Waals surface area contributed by atoms with Crippen LogP contribution in [0.1, 0.15) is 21.6 Å². The molecule has 2 N–H and O–H groups in total. The number of nitrogens with one attached hydrogen (secondary N) is 2. The quantitative estimate of drug-likeness (QED) is 0.709. The molecule has 0 aliphatic heterocycles. The van der Waals surface area contributed by atoms with Crippen LogP contribution >= 0.6 is 0 Å². The number of hydrogen-bond acceptors (Lipinski definition) is 4. The Morgan fingerprint density at radius 1 is 1.04 bits per heavy atom.